The summed E-state index contributed by atoms with van der Waals surface area (Å²) in [7, 11) is 0. The summed E-state index contributed by atoms with van der Waals surface area (Å²) in [6, 6.07) is 15.7. The number of hydrogen-bond acceptors (Lipinski definition) is 7. The van der Waals surface area contributed by atoms with E-state index < -0.39 is 0 Å². The van der Waals surface area contributed by atoms with Gasteiger partial charge in [0.25, 0.3) is 17.7 Å². The van der Waals surface area contributed by atoms with Crippen molar-refractivity contribution in [2.75, 3.05) is 65.4 Å². The van der Waals surface area contributed by atoms with E-state index in [0.717, 1.165) is 70.9 Å². The molecule has 10 rings (SSSR count). The molecule has 0 unspecified atom stereocenters. The molecule has 0 atom stereocenters. The number of carbonyl (C=O) groups is 5. The molecule has 0 saturated carbocycles. The van der Waals surface area contributed by atoms with Crippen LogP contribution < -0.4 is 0 Å². The fourth-order valence-corrected chi connectivity index (χ4v) is 11.7. The quantitative estimate of drug-likeness (QED) is 0.151. The monoisotopic (exact) mass is 915 g/mol. The number of aromatic nitrogens is 2. The number of nitrogens with zero attached hydrogens (tertiary/aromatic N) is 7. The maximum absolute atomic E-state index is 14.2. The van der Waals surface area contributed by atoms with Gasteiger partial charge in [0.2, 0.25) is 11.8 Å². The Morgan fingerprint density at radius 2 is 1.21 bits per heavy atom. The van der Waals surface area contributed by atoms with E-state index in [-0.39, 0.29) is 52.9 Å². The summed E-state index contributed by atoms with van der Waals surface area (Å²) in [6.45, 7) is 10.8. The van der Waals surface area contributed by atoms with E-state index in [1.807, 2.05) is 42.4 Å². The van der Waals surface area contributed by atoms with Crippen LogP contribution in [0.15, 0.2) is 65.1 Å². The third-order valence-corrected chi connectivity index (χ3v) is 15.8. The molecule has 1 aromatic carbocycles. The van der Waals surface area contributed by atoms with Crippen molar-refractivity contribution in [3.63, 3.8) is 0 Å². The van der Waals surface area contributed by atoms with Crippen LogP contribution in [0.3, 0.4) is 0 Å². The Morgan fingerprint density at radius 3 is 1.83 bits per heavy atom. The molecule has 0 N–H and O–H groups in total. The molecule has 4 aliphatic heterocycles. The highest BCUT2D eigenvalue weighted by atomic mass is 32.1. The first-order chi connectivity index (χ1) is 32.0. The summed E-state index contributed by atoms with van der Waals surface area (Å²) < 4.78 is 25.1. The van der Waals surface area contributed by atoms with Gasteiger partial charge in [0.15, 0.2) is 5.76 Å². The summed E-state index contributed by atoms with van der Waals surface area (Å²) in [5.74, 6) is 0.871. The van der Waals surface area contributed by atoms with Gasteiger partial charge in [0.05, 0.1) is 15.1 Å². The number of halogens is 1. The molecule has 0 spiro atoms. The van der Waals surface area contributed by atoms with Gasteiger partial charge in [0, 0.05) is 96.1 Å². The van der Waals surface area contributed by atoms with Gasteiger partial charge in [-0.25, -0.2) is 4.39 Å². The molecule has 15 heteroatoms. The largest absolute Gasteiger partial charge is 0.450 e. The predicted molar refractivity (Wildman–Crippen MR) is 251 cm³/mol. The molecule has 4 saturated heterocycles. The van der Waals surface area contributed by atoms with Crippen molar-refractivity contribution in [2.24, 2.45) is 17.8 Å². The summed E-state index contributed by atoms with van der Waals surface area (Å²) in [5.41, 5.74) is 5.26. The number of benzene rings is 1. The van der Waals surface area contributed by atoms with Crippen molar-refractivity contribution < 1.29 is 32.8 Å². The lowest BCUT2D eigenvalue weighted by Crippen LogP contribution is -2.53. The lowest BCUT2D eigenvalue weighted by Gasteiger charge is -2.38. The smallest absolute Gasteiger partial charge is 0.289 e. The molecule has 1 aliphatic carbocycles. The highest BCUT2D eigenvalue weighted by Gasteiger charge is 2.36. The lowest BCUT2D eigenvalue weighted by atomic mass is 9.92. The van der Waals surface area contributed by atoms with Crippen molar-refractivity contribution >= 4 is 57.2 Å². The maximum atomic E-state index is 14.2. The second kappa shape index (κ2) is 18.4. The number of carbonyl (C=O) groups excluding carboxylic acids is 5. The molecule has 4 aromatic heterocycles. The molecule has 346 valence electrons. The summed E-state index contributed by atoms with van der Waals surface area (Å²) in [6.07, 6.45) is 9.67. The van der Waals surface area contributed by atoms with Gasteiger partial charge in [-0.05, 0) is 117 Å². The number of allylic oxidation sites excluding steroid dienone is 1. The number of amides is 5. The minimum atomic E-state index is -0.332. The molecule has 5 aliphatic rings. The molecule has 66 heavy (non-hydrogen) atoms. The average molecular weight is 916 g/mol. The van der Waals surface area contributed by atoms with E-state index >= 15 is 0 Å². The number of piperazine rings is 1. The van der Waals surface area contributed by atoms with Gasteiger partial charge in [-0.2, -0.15) is 0 Å². The molecule has 0 bridgehead atoms. The van der Waals surface area contributed by atoms with E-state index in [1.165, 1.54) is 29.0 Å². The van der Waals surface area contributed by atoms with Crippen molar-refractivity contribution in [3.8, 4) is 10.6 Å². The van der Waals surface area contributed by atoms with Gasteiger partial charge in [-0.15, -0.1) is 11.3 Å². The van der Waals surface area contributed by atoms with E-state index in [1.54, 1.807) is 29.2 Å². The highest BCUT2D eigenvalue weighted by molar-refractivity contribution is 7.22. The van der Waals surface area contributed by atoms with E-state index in [2.05, 4.69) is 30.6 Å². The predicted octanol–water partition coefficient (Wildman–Crippen LogP) is 7.49. The molecule has 5 aromatic rings. The van der Waals surface area contributed by atoms with Crippen LogP contribution in [0, 0.1) is 23.6 Å². The fourth-order valence-electron chi connectivity index (χ4n) is 10.7. The Morgan fingerprint density at radius 1 is 0.652 bits per heavy atom. The molecule has 4 fully saturated rings. The zero-order valence-electron chi connectivity index (χ0n) is 37.9. The number of furan rings is 1. The summed E-state index contributed by atoms with van der Waals surface area (Å²) in [4.78, 5) is 78.7. The minimum absolute atomic E-state index is 0.0312. The Labute approximate surface area is 388 Å². The number of hydrogen-bond donors (Lipinski definition) is 0. The Bertz CT molecular complexity index is 2680. The normalized spacial score (nSPS) is 18.7. The van der Waals surface area contributed by atoms with Crippen LogP contribution >= 0.6 is 11.3 Å². The molecule has 13 nitrogen and oxygen atoms in total. The molecule has 0 radical (unpaired) electrons. The van der Waals surface area contributed by atoms with Crippen molar-refractivity contribution in [3.05, 3.63) is 100 Å². The van der Waals surface area contributed by atoms with Gasteiger partial charge in [-0.1, -0.05) is 25.1 Å². The Kier molecular flexibility index (Phi) is 12.2. The summed E-state index contributed by atoms with van der Waals surface area (Å²) in [5, 5.41) is 0. The second-order valence-electron chi connectivity index (χ2n) is 18.8. The Balaban J connectivity index is 0.763. The standard InChI is InChI=1S/C51H58FN7O6S/c1-3-58-39-6-4-5-37(39)29-41(58)49(62)54-21-17-36(18-22-54)48(61)56-25-27-57(28-26-56)51(64)44-12-11-43(65-44)46-30-40-45(66-46)31-42(59(40)32-34-7-9-38(52)10-8-34)50(63)55-23-15-35(16-24-55)47(60)53-19-13-33(2)14-20-53/h4,6-12,29-31,33,35-36H,3,5,13-28,32H2,1-2H3. The van der Waals surface area contributed by atoms with Crippen molar-refractivity contribution in [2.45, 2.75) is 71.9 Å². The third-order valence-electron chi connectivity index (χ3n) is 14.7. The topological polar surface area (TPSA) is 125 Å². The second-order valence-corrected chi connectivity index (χ2v) is 19.9. The highest BCUT2D eigenvalue weighted by Crippen LogP contribution is 2.38. The minimum Gasteiger partial charge on any atom is -0.450 e. The molecular weight excluding hydrogens is 858 g/mol. The van der Waals surface area contributed by atoms with Crippen molar-refractivity contribution in [1.29, 1.82) is 0 Å². The van der Waals surface area contributed by atoms with Gasteiger partial charge < -0.3 is 38.1 Å². The van der Waals surface area contributed by atoms with Gasteiger partial charge in [-0.3, -0.25) is 24.0 Å². The van der Waals surface area contributed by atoms with Crippen LogP contribution in [0.5, 0.6) is 0 Å². The number of fused-ring (bicyclic) bond motifs is 2. The third kappa shape index (κ3) is 8.50. The first-order valence-electron chi connectivity index (χ1n) is 23.8. The first-order valence-corrected chi connectivity index (χ1v) is 24.7. The number of likely N-dealkylation sites (tertiary alicyclic amines) is 3. The molecular formula is C51H58FN7O6S. The lowest BCUT2D eigenvalue weighted by molar-refractivity contribution is -0.139. The van der Waals surface area contributed by atoms with Crippen LogP contribution in [0.25, 0.3) is 26.9 Å². The SMILES string of the molecule is CCn1c(C(=O)N2CCC(C(=O)N3CCN(C(=O)c4ccc(-c5cc6c(cc(C(=O)N7CCC(C(=O)N8CCC(C)CC8)CC7)n6Cc6ccc(F)cc6)s5)o4)CC3)CC2)cc2c1C=CC2. The first kappa shape index (κ1) is 43.9. The average Bonchev–Trinajstić information content (AvgIpc) is 4.20. The van der Waals surface area contributed by atoms with Gasteiger partial charge in [0.1, 0.15) is 23.0 Å². The summed E-state index contributed by atoms with van der Waals surface area (Å²) >= 11 is 1.48. The van der Waals surface area contributed by atoms with Crippen molar-refractivity contribution in [1.82, 2.24) is 33.6 Å². The number of thiophene rings is 1. The zero-order chi connectivity index (χ0) is 45.6. The molecule has 8 heterocycles. The maximum Gasteiger partial charge on any atom is 0.289 e. The van der Waals surface area contributed by atoms with Crippen LogP contribution in [-0.2, 0) is 29.1 Å². The van der Waals surface area contributed by atoms with Crippen LogP contribution in [0.2, 0.25) is 0 Å². The zero-order valence-corrected chi connectivity index (χ0v) is 38.7. The Hall–Kier alpha value is -5.96. The number of piperidine rings is 3. The van der Waals surface area contributed by atoms with Crippen LogP contribution in [0.4, 0.5) is 4.39 Å². The van der Waals surface area contributed by atoms with Crippen LogP contribution in [0.1, 0.15) is 101 Å². The van der Waals surface area contributed by atoms with E-state index in [9.17, 15) is 28.4 Å². The fraction of sp³-hybridized carbons (Fsp3) is 0.471. The van der Waals surface area contributed by atoms with E-state index in [0.29, 0.717) is 102 Å². The van der Waals surface area contributed by atoms with E-state index in [4.69, 9.17) is 4.42 Å². The number of rotatable bonds is 9. The van der Waals surface area contributed by atoms with Crippen LogP contribution in [-0.4, -0.2) is 129 Å². The molecule has 5 amide bonds. The van der Waals surface area contributed by atoms with Gasteiger partial charge >= 0.3 is 0 Å².